The Balaban J connectivity index is 1.55. The van der Waals surface area contributed by atoms with Crippen LogP contribution in [0.4, 0.5) is 13.9 Å². The first-order valence-corrected chi connectivity index (χ1v) is 8.13. The molecule has 0 bridgehead atoms. The van der Waals surface area contributed by atoms with Gasteiger partial charge in [-0.05, 0) is 36.4 Å². The third-order valence-corrected chi connectivity index (χ3v) is 4.27. The number of carbonyl (C=O) groups is 1. The van der Waals surface area contributed by atoms with Gasteiger partial charge in [0.25, 0.3) is 5.91 Å². The van der Waals surface area contributed by atoms with Crippen molar-refractivity contribution < 1.29 is 13.6 Å². The van der Waals surface area contributed by atoms with Crippen LogP contribution >= 0.6 is 11.3 Å². The van der Waals surface area contributed by atoms with Gasteiger partial charge in [-0.1, -0.05) is 0 Å². The Morgan fingerprint density at radius 2 is 1.76 bits per heavy atom. The molecule has 0 saturated heterocycles. The molecule has 0 atom stereocenters. The fourth-order valence-electron chi connectivity index (χ4n) is 2.32. The molecule has 3 heterocycles. The minimum atomic E-state index is -0.441. The largest absolute Gasteiger partial charge is 0.303 e. The summed E-state index contributed by atoms with van der Waals surface area (Å²) in [5.74, 6) is -1.18. The van der Waals surface area contributed by atoms with Gasteiger partial charge in [0.05, 0.1) is 5.69 Å². The Morgan fingerprint density at radius 1 is 1.00 bits per heavy atom. The number of nitrogens with zero attached hydrogens (tertiary/aromatic N) is 3. The zero-order valence-corrected chi connectivity index (χ0v) is 13.4. The third kappa shape index (κ3) is 3.11. The van der Waals surface area contributed by atoms with Gasteiger partial charge in [-0.25, -0.2) is 18.7 Å². The van der Waals surface area contributed by atoms with Crippen LogP contribution in [0.15, 0.2) is 54.2 Å². The first kappa shape index (κ1) is 15.4. The molecular weight excluding hydrogens is 346 g/mol. The number of fused-ring (bicyclic) bond motifs is 1. The molecule has 0 aliphatic rings. The molecule has 3 aromatic heterocycles. The maximum absolute atomic E-state index is 13.2. The SMILES string of the molecule is O=C(Nc1nc(-c2ccc(F)cc2)cs1)c1cn2cc(F)ccc2n1. The zero-order valence-electron chi connectivity index (χ0n) is 12.6. The van der Waals surface area contributed by atoms with Gasteiger partial charge in [0.15, 0.2) is 5.13 Å². The standard InChI is InChI=1S/C17H10F2N4OS/c18-11-3-1-10(2-4-11)14-9-25-17(21-14)22-16(24)13-8-23-7-12(19)5-6-15(23)20-13/h1-9H,(H,21,22,24). The van der Waals surface area contributed by atoms with Crippen LogP contribution in [0.2, 0.25) is 0 Å². The minimum Gasteiger partial charge on any atom is -0.303 e. The number of imidazole rings is 1. The van der Waals surface area contributed by atoms with E-state index in [-0.39, 0.29) is 11.5 Å². The molecular formula is C17H10F2N4OS. The molecule has 0 unspecified atom stereocenters. The van der Waals surface area contributed by atoms with E-state index in [0.29, 0.717) is 16.5 Å². The minimum absolute atomic E-state index is 0.157. The van der Waals surface area contributed by atoms with Crippen LogP contribution in [-0.2, 0) is 0 Å². The van der Waals surface area contributed by atoms with Crippen LogP contribution in [0.25, 0.3) is 16.9 Å². The van der Waals surface area contributed by atoms with Gasteiger partial charge in [-0.15, -0.1) is 11.3 Å². The molecule has 0 fully saturated rings. The Labute approximate surface area is 144 Å². The normalized spacial score (nSPS) is 11.0. The van der Waals surface area contributed by atoms with E-state index in [1.165, 1.54) is 52.4 Å². The second-order valence-electron chi connectivity index (χ2n) is 5.24. The van der Waals surface area contributed by atoms with Crippen molar-refractivity contribution in [3.63, 3.8) is 0 Å². The summed E-state index contributed by atoms with van der Waals surface area (Å²) >= 11 is 1.25. The van der Waals surface area contributed by atoms with Gasteiger partial charge in [0.1, 0.15) is 23.0 Å². The van der Waals surface area contributed by atoms with Gasteiger partial charge >= 0.3 is 0 Å². The Morgan fingerprint density at radius 3 is 2.56 bits per heavy atom. The van der Waals surface area contributed by atoms with Crippen LogP contribution in [0.1, 0.15) is 10.5 Å². The molecule has 1 aromatic carbocycles. The number of nitrogens with one attached hydrogen (secondary N) is 1. The van der Waals surface area contributed by atoms with Crippen LogP contribution in [-0.4, -0.2) is 20.3 Å². The zero-order chi connectivity index (χ0) is 17.4. The van der Waals surface area contributed by atoms with E-state index >= 15 is 0 Å². The number of benzene rings is 1. The molecule has 1 amide bonds. The van der Waals surface area contributed by atoms with Crippen molar-refractivity contribution in [1.82, 2.24) is 14.4 Å². The summed E-state index contributed by atoms with van der Waals surface area (Å²) in [6, 6.07) is 8.70. The molecule has 1 N–H and O–H groups in total. The third-order valence-electron chi connectivity index (χ3n) is 3.51. The fraction of sp³-hybridized carbons (Fsp3) is 0. The first-order valence-electron chi connectivity index (χ1n) is 7.25. The van der Waals surface area contributed by atoms with Crippen molar-refractivity contribution in [2.24, 2.45) is 0 Å². The number of anilines is 1. The summed E-state index contributed by atoms with van der Waals surface area (Å²) in [4.78, 5) is 20.8. The number of thiazole rings is 1. The van der Waals surface area contributed by atoms with Gasteiger partial charge in [-0.2, -0.15) is 0 Å². The van der Waals surface area contributed by atoms with Gasteiger partial charge in [-0.3, -0.25) is 10.1 Å². The number of rotatable bonds is 3. The second-order valence-corrected chi connectivity index (χ2v) is 6.10. The van der Waals surface area contributed by atoms with Crippen LogP contribution < -0.4 is 5.32 Å². The fourth-order valence-corrected chi connectivity index (χ4v) is 3.03. The number of pyridine rings is 1. The van der Waals surface area contributed by atoms with E-state index < -0.39 is 11.7 Å². The van der Waals surface area contributed by atoms with Gasteiger partial charge < -0.3 is 4.40 Å². The summed E-state index contributed by atoms with van der Waals surface area (Å²) in [7, 11) is 0. The summed E-state index contributed by atoms with van der Waals surface area (Å²) in [5, 5.41) is 4.82. The van der Waals surface area contributed by atoms with E-state index in [9.17, 15) is 13.6 Å². The number of carbonyl (C=O) groups excluding carboxylic acids is 1. The molecule has 0 radical (unpaired) electrons. The lowest BCUT2D eigenvalue weighted by Crippen LogP contribution is -2.12. The van der Waals surface area contributed by atoms with Crippen LogP contribution in [0.5, 0.6) is 0 Å². The summed E-state index contributed by atoms with van der Waals surface area (Å²) in [5.41, 5.74) is 2.01. The van der Waals surface area contributed by atoms with Crippen molar-refractivity contribution in [1.29, 1.82) is 0 Å². The highest BCUT2D eigenvalue weighted by Crippen LogP contribution is 2.25. The Bertz CT molecular complexity index is 1070. The summed E-state index contributed by atoms with van der Waals surface area (Å²) in [6.45, 7) is 0. The molecule has 4 aromatic rings. The Kier molecular flexibility index (Phi) is 3.73. The lowest BCUT2D eigenvalue weighted by Gasteiger charge is -1.98. The van der Waals surface area contributed by atoms with Gasteiger partial charge in [0.2, 0.25) is 0 Å². The van der Waals surface area contributed by atoms with E-state index in [4.69, 9.17) is 0 Å². The molecule has 25 heavy (non-hydrogen) atoms. The molecule has 124 valence electrons. The molecule has 0 spiro atoms. The van der Waals surface area contributed by atoms with Crippen molar-refractivity contribution in [2.75, 3.05) is 5.32 Å². The van der Waals surface area contributed by atoms with Crippen molar-refractivity contribution in [3.05, 3.63) is 71.5 Å². The number of halogens is 2. The maximum atomic E-state index is 13.2. The number of hydrogen-bond donors (Lipinski definition) is 1. The first-order chi connectivity index (χ1) is 12.1. The van der Waals surface area contributed by atoms with E-state index in [1.54, 1.807) is 17.5 Å². The molecule has 4 rings (SSSR count). The molecule has 5 nitrogen and oxygen atoms in total. The van der Waals surface area contributed by atoms with E-state index in [2.05, 4.69) is 15.3 Å². The summed E-state index contributed by atoms with van der Waals surface area (Å²) in [6.07, 6.45) is 2.69. The predicted octanol–water partition coefficient (Wildman–Crippen LogP) is 3.99. The second kappa shape index (κ2) is 6.06. The maximum Gasteiger partial charge on any atom is 0.277 e. The molecule has 0 aliphatic carbocycles. The lowest BCUT2D eigenvalue weighted by atomic mass is 10.2. The quantitative estimate of drug-likeness (QED) is 0.604. The van der Waals surface area contributed by atoms with Crippen molar-refractivity contribution in [3.8, 4) is 11.3 Å². The highest BCUT2D eigenvalue weighted by Gasteiger charge is 2.14. The van der Waals surface area contributed by atoms with Crippen molar-refractivity contribution >= 4 is 28.0 Å². The number of amides is 1. The average Bonchev–Trinajstić information content (AvgIpc) is 3.22. The predicted molar refractivity (Wildman–Crippen MR) is 90.6 cm³/mol. The molecule has 0 aliphatic heterocycles. The smallest absolute Gasteiger partial charge is 0.277 e. The monoisotopic (exact) mass is 356 g/mol. The van der Waals surface area contributed by atoms with Crippen molar-refractivity contribution in [2.45, 2.75) is 0 Å². The van der Waals surface area contributed by atoms with E-state index in [1.807, 2.05) is 0 Å². The van der Waals surface area contributed by atoms with Gasteiger partial charge in [0, 0.05) is 23.3 Å². The topological polar surface area (TPSA) is 59.3 Å². The Hall–Kier alpha value is -3.13. The highest BCUT2D eigenvalue weighted by atomic mass is 32.1. The van der Waals surface area contributed by atoms with Crippen LogP contribution in [0.3, 0.4) is 0 Å². The lowest BCUT2D eigenvalue weighted by molar-refractivity contribution is 0.102. The summed E-state index contributed by atoms with van der Waals surface area (Å²) < 4.78 is 27.6. The molecule has 0 saturated carbocycles. The molecule has 8 heteroatoms. The average molecular weight is 356 g/mol. The number of hydrogen-bond acceptors (Lipinski definition) is 4. The number of aromatic nitrogens is 3. The van der Waals surface area contributed by atoms with E-state index in [0.717, 1.165) is 5.56 Å². The highest BCUT2D eigenvalue weighted by molar-refractivity contribution is 7.14. The van der Waals surface area contributed by atoms with Crippen LogP contribution in [0, 0.1) is 11.6 Å².